The highest BCUT2D eigenvalue weighted by atomic mass is 16.5. The number of ether oxygens (including phenoxy) is 1. The van der Waals surface area contributed by atoms with Crippen LogP contribution in [0.1, 0.15) is 5.56 Å². The van der Waals surface area contributed by atoms with Gasteiger partial charge in [0.05, 0.1) is 28.7 Å². The van der Waals surface area contributed by atoms with E-state index in [2.05, 4.69) is 9.97 Å². The summed E-state index contributed by atoms with van der Waals surface area (Å²) in [6.45, 7) is 0. The SMILES string of the molecule is N#CC1=C(N)Oc2c(c3nccnc3c3ccccc23)C1(C#N)C#N. The molecule has 0 atom stereocenters. The van der Waals surface area contributed by atoms with Crippen molar-refractivity contribution in [3.05, 3.63) is 53.7 Å². The van der Waals surface area contributed by atoms with E-state index in [0.29, 0.717) is 16.4 Å². The summed E-state index contributed by atoms with van der Waals surface area (Å²) in [5.74, 6) is -0.00491. The van der Waals surface area contributed by atoms with Crippen LogP contribution in [0.3, 0.4) is 0 Å². The fourth-order valence-corrected chi connectivity index (χ4v) is 3.16. The van der Waals surface area contributed by atoms with E-state index in [-0.39, 0.29) is 22.8 Å². The zero-order valence-corrected chi connectivity index (χ0v) is 12.7. The number of nitrogens with two attached hydrogens (primary N) is 1. The first-order valence-corrected chi connectivity index (χ1v) is 7.24. The normalized spacial score (nSPS) is 14.9. The van der Waals surface area contributed by atoms with Crippen LogP contribution in [0.25, 0.3) is 21.8 Å². The Bertz CT molecular complexity index is 1210. The average Bonchev–Trinajstić information content (AvgIpc) is 2.67. The molecule has 2 aromatic carbocycles. The Morgan fingerprint density at radius 2 is 1.60 bits per heavy atom. The number of benzene rings is 2. The molecule has 0 aliphatic carbocycles. The molecule has 1 aliphatic heterocycles. The van der Waals surface area contributed by atoms with Gasteiger partial charge in [-0.25, -0.2) is 0 Å². The fourth-order valence-electron chi connectivity index (χ4n) is 3.16. The lowest BCUT2D eigenvalue weighted by Crippen LogP contribution is -2.34. The van der Waals surface area contributed by atoms with E-state index >= 15 is 0 Å². The molecule has 2 N–H and O–H groups in total. The molecule has 0 saturated carbocycles. The van der Waals surface area contributed by atoms with Crippen molar-refractivity contribution in [1.29, 1.82) is 15.8 Å². The van der Waals surface area contributed by atoms with Gasteiger partial charge in [0, 0.05) is 23.2 Å². The smallest absolute Gasteiger partial charge is 0.214 e. The van der Waals surface area contributed by atoms with E-state index in [0.717, 1.165) is 5.39 Å². The van der Waals surface area contributed by atoms with Gasteiger partial charge in [0.2, 0.25) is 11.3 Å². The van der Waals surface area contributed by atoms with E-state index < -0.39 is 5.41 Å². The number of aromatic nitrogens is 2. The maximum Gasteiger partial charge on any atom is 0.214 e. The molecule has 2 heterocycles. The molecule has 0 amide bonds. The number of nitriles is 3. The van der Waals surface area contributed by atoms with Crippen molar-refractivity contribution in [2.75, 3.05) is 0 Å². The van der Waals surface area contributed by atoms with Gasteiger partial charge in [-0.15, -0.1) is 0 Å². The Balaban J connectivity index is 2.34. The van der Waals surface area contributed by atoms with E-state index in [4.69, 9.17) is 10.5 Å². The third-order valence-corrected chi connectivity index (χ3v) is 4.24. The van der Waals surface area contributed by atoms with Gasteiger partial charge in [-0.1, -0.05) is 24.3 Å². The van der Waals surface area contributed by atoms with Gasteiger partial charge in [-0.05, 0) is 0 Å². The minimum absolute atomic E-state index is 0.199. The Labute approximate surface area is 141 Å². The minimum atomic E-state index is -1.91. The summed E-state index contributed by atoms with van der Waals surface area (Å²) in [6.07, 6.45) is 2.99. The van der Waals surface area contributed by atoms with E-state index in [1.165, 1.54) is 12.4 Å². The lowest BCUT2D eigenvalue weighted by atomic mass is 9.74. The van der Waals surface area contributed by atoms with Gasteiger partial charge >= 0.3 is 0 Å². The molecule has 1 aromatic heterocycles. The molecule has 7 heteroatoms. The molecular formula is C18H8N6O. The molecule has 7 nitrogen and oxygen atoms in total. The number of fused-ring (bicyclic) bond motifs is 6. The summed E-state index contributed by atoms with van der Waals surface area (Å²) in [5.41, 5.74) is 4.76. The van der Waals surface area contributed by atoms with Gasteiger partial charge < -0.3 is 10.5 Å². The number of hydrogen-bond donors (Lipinski definition) is 1. The predicted molar refractivity (Wildman–Crippen MR) is 87.4 cm³/mol. The van der Waals surface area contributed by atoms with Crippen molar-refractivity contribution in [2.45, 2.75) is 5.41 Å². The highest BCUT2D eigenvalue weighted by Gasteiger charge is 2.48. The molecule has 1 aliphatic rings. The third kappa shape index (κ3) is 1.65. The first-order valence-electron chi connectivity index (χ1n) is 7.24. The van der Waals surface area contributed by atoms with Crippen molar-refractivity contribution in [2.24, 2.45) is 5.73 Å². The van der Waals surface area contributed by atoms with Crippen LogP contribution < -0.4 is 10.5 Å². The quantitative estimate of drug-likeness (QED) is 0.626. The maximum atomic E-state index is 9.82. The van der Waals surface area contributed by atoms with Crippen LogP contribution in [-0.2, 0) is 5.41 Å². The maximum absolute atomic E-state index is 9.82. The zero-order chi connectivity index (χ0) is 17.6. The van der Waals surface area contributed by atoms with Gasteiger partial charge in [0.1, 0.15) is 17.4 Å². The van der Waals surface area contributed by atoms with Crippen LogP contribution in [-0.4, -0.2) is 9.97 Å². The average molecular weight is 324 g/mol. The summed E-state index contributed by atoms with van der Waals surface area (Å²) in [4.78, 5) is 8.67. The number of nitrogens with zero attached hydrogens (tertiary/aromatic N) is 5. The molecule has 4 rings (SSSR count). The number of hydrogen-bond acceptors (Lipinski definition) is 7. The minimum Gasteiger partial charge on any atom is -0.439 e. The first-order chi connectivity index (χ1) is 12.2. The largest absolute Gasteiger partial charge is 0.439 e. The van der Waals surface area contributed by atoms with Crippen molar-refractivity contribution in [3.8, 4) is 24.0 Å². The summed E-state index contributed by atoms with van der Waals surface area (Å²) >= 11 is 0. The molecule has 0 bridgehead atoms. The highest BCUT2D eigenvalue weighted by Crippen LogP contribution is 2.48. The Kier molecular flexibility index (Phi) is 2.84. The van der Waals surface area contributed by atoms with Crippen molar-refractivity contribution in [1.82, 2.24) is 9.97 Å². The van der Waals surface area contributed by atoms with Gasteiger partial charge in [-0.2, -0.15) is 15.8 Å². The lowest BCUT2D eigenvalue weighted by Gasteiger charge is -2.29. The molecule has 0 fully saturated rings. The van der Waals surface area contributed by atoms with E-state index in [9.17, 15) is 15.8 Å². The van der Waals surface area contributed by atoms with Crippen molar-refractivity contribution < 1.29 is 4.74 Å². The monoisotopic (exact) mass is 324 g/mol. The molecule has 116 valence electrons. The van der Waals surface area contributed by atoms with Crippen LogP contribution >= 0.6 is 0 Å². The molecule has 0 unspecified atom stereocenters. The molecule has 0 radical (unpaired) electrons. The molecule has 0 saturated heterocycles. The third-order valence-electron chi connectivity index (χ3n) is 4.24. The molecule has 3 aromatic rings. The fraction of sp³-hybridized carbons (Fsp3) is 0.0556. The Hall–Kier alpha value is -4.15. The van der Waals surface area contributed by atoms with Gasteiger partial charge in [-0.3, -0.25) is 9.97 Å². The van der Waals surface area contributed by atoms with Crippen molar-refractivity contribution >= 4 is 21.8 Å². The van der Waals surface area contributed by atoms with Gasteiger partial charge in [0.25, 0.3) is 0 Å². The Morgan fingerprint density at radius 1 is 0.960 bits per heavy atom. The second kappa shape index (κ2) is 4.92. The van der Waals surface area contributed by atoms with Crippen LogP contribution in [0.4, 0.5) is 0 Å². The van der Waals surface area contributed by atoms with E-state index in [1.807, 2.05) is 30.3 Å². The standard InChI is InChI=1S/C18H8N6O/c19-7-12-17(22)25-16-11-4-2-1-3-10(11)14-15(24-6-5-23-14)13(16)18(12,8-20)9-21/h1-6H,22H2. The van der Waals surface area contributed by atoms with Crippen molar-refractivity contribution in [3.63, 3.8) is 0 Å². The number of rotatable bonds is 0. The molecule has 25 heavy (non-hydrogen) atoms. The summed E-state index contributed by atoms with van der Waals surface area (Å²) in [7, 11) is 0. The van der Waals surface area contributed by atoms with Gasteiger partial charge in [0.15, 0.2) is 0 Å². The first kappa shape index (κ1) is 14.4. The van der Waals surface area contributed by atoms with Crippen LogP contribution in [0.5, 0.6) is 5.75 Å². The second-order valence-electron chi connectivity index (χ2n) is 5.43. The summed E-state index contributed by atoms with van der Waals surface area (Å²) in [5, 5.41) is 30.5. The molecular weight excluding hydrogens is 316 g/mol. The topological polar surface area (TPSA) is 132 Å². The second-order valence-corrected chi connectivity index (χ2v) is 5.43. The lowest BCUT2D eigenvalue weighted by molar-refractivity contribution is 0.392. The summed E-state index contributed by atoms with van der Waals surface area (Å²) < 4.78 is 5.68. The number of allylic oxidation sites excluding steroid dienone is 1. The van der Waals surface area contributed by atoms with E-state index in [1.54, 1.807) is 12.1 Å². The Morgan fingerprint density at radius 3 is 2.24 bits per heavy atom. The van der Waals surface area contributed by atoms with Crippen LogP contribution in [0.2, 0.25) is 0 Å². The predicted octanol–water partition coefficient (Wildman–Crippen LogP) is 2.15. The summed E-state index contributed by atoms with van der Waals surface area (Å²) in [6, 6.07) is 13.0. The highest BCUT2D eigenvalue weighted by molar-refractivity contribution is 6.10. The zero-order valence-electron chi connectivity index (χ0n) is 12.7. The molecule has 0 spiro atoms. The van der Waals surface area contributed by atoms with Crippen LogP contribution in [0, 0.1) is 34.0 Å². The van der Waals surface area contributed by atoms with Crippen LogP contribution in [0.15, 0.2) is 48.1 Å².